The molecule has 1 aromatic carbocycles. The number of hydrogen-bond donors (Lipinski definition) is 2. The molecule has 0 saturated heterocycles. The lowest BCUT2D eigenvalue weighted by Gasteiger charge is -2.21. The molecule has 0 aliphatic carbocycles. The largest absolute Gasteiger partial charge is 0.372 e. The van der Waals surface area contributed by atoms with Crippen LogP contribution < -0.4 is 15.5 Å². The van der Waals surface area contributed by atoms with Gasteiger partial charge >= 0.3 is 0 Å². The van der Waals surface area contributed by atoms with Crippen molar-refractivity contribution in [2.24, 2.45) is 0 Å². The number of carbonyl (C=O) groups excluding carboxylic acids is 1. The zero-order chi connectivity index (χ0) is 13.5. The third kappa shape index (κ3) is 4.33. The summed E-state index contributed by atoms with van der Waals surface area (Å²) in [7, 11) is 0. The van der Waals surface area contributed by atoms with E-state index in [2.05, 4.69) is 29.4 Å². The van der Waals surface area contributed by atoms with Crippen LogP contribution in [0.2, 0.25) is 0 Å². The molecule has 0 aromatic heterocycles. The van der Waals surface area contributed by atoms with Crippen LogP contribution in [-0.2, 0) is 4.79 Å². The molecule has 18 heavy (non-hydrogen) atoms. The molecule has 0 bridgehead atoms. The Bertz CT molecular complexity index is 413. The van der Waals surface area contributed by atoms with Gasteiger partial charge < -0.3 is 15.5 Å². The summed E-state index contributed by atoms with van der Waals surface area (Å²) < 4.78 is 0. The highest BCUT2D eigenvalue weighted by molar-refractivity contribution is 7.80. The Hall–Kier alpha value is -1.62. The first-order chi connectivity index (χ1) is 8.56. The van der Waals surface area contributed by atoms with Gasteiger partial charge in [-0.25, -0.2) is 0 Å². The summed E-state index contributed by atoms with van der Waals surface area (Å²) in [5, 5.41) is 5.80. The normalized spacial score (nSPS) is 9.72. The standard InChI is InChI=1S/C13H19N3OS/c1-4-16(5-2)12-8-6-11(7-9-12)15-13(18)14-10(3)17/h6-9H,4-5H2,1-3H3,(H2,14,15,17,18). The quantitative estimate of drug-likeness (QED) is 0.820. The second kappa shape index (κ2) is 6.96. The molecule has 4 nitrogen and oxygen atoms in total. The van der Waals surface area contributed by atoms with Crippen LogP contribution in [0.25, 0.3) is 0 Å². The van der Waals surface area contributed by atoms with Crippen molar-refractivity contribution >= 4 is 34.6 Å². The molecule has 0 heterocycles. The summed E-state index contributed by atoms with van der Waals surface area (Å²) in [6, 6.07) is 7.96. The number of rotatable bonds is 4. The van der Waals surface area contributed by atoms with Crippen molar-refractivity contribution in [1.29, 1.82) is 0 Å². The lowest BCUT2D eigenvalue weighted by Crippen LogP contribution is -2.32. The first-order valence-electron chi connectivity index (χ1n) is 6.00. The monoisotopic (exact) mass is 265 g/mol. The van der Waals surface area contributed by atoms with Crippen LogP contribution >= 0.6 is 12.2 Å². The number of nitrogens with zero attached hydrogens (tertiary/aromatic N) is 1. The highest BCUT2D eigenvalue weighted by atomic mass is 32.1. The smallest absolute Gasteiger partial charge is 0.222 e. The second-order valence-corrected chi connectivity index (χ2v) is 4.26. The molecule has 0 saturated carbocycles. The van der Waals surface area contributed by atoms with Crippen LogP contribution in [0.4, 0.5) is 11.4 Å². The zero-order valence-corrected chi connectivity index (χ0v) is 11.8. The highest BCUT2D eigenvalue weighted by Gasteiger charge is 2.03. The fourth-order valence-corrected chi connectivity index (χ4v) is 1.93. The molecule has 1 rings (SSSR count). The number of anilines is 2. The van der Waals surface area contributed by atoms with Crippen LogP contribution in [0.1, 0.15) is 20.8 Å². The Morgan fingerprint density at radius 3 is 2.22 bits per heavy atom. The number of nitrogens with one attached hydrogen (secondary N) is 2. The summed E-state index contributed by atoms with van der Waals surface area (Å²) in [5.41, 5.74) is 2.04. The molecular formula is C13H19N3OS. The number of amides is 1. The maximum Gasteiger partial charge on any atom is 0.222 e. The first-order valence-corrected chi connectivity index (χ1v) is 6.41. The van der Waals surface area contributed by atoms with Crippen molar-refractivity contribution in [3.63, 3.8) is 0 Å². The Labute approximate surface area is 113 Å². The lowest BCUT2D eigenvalue weighted by molar-refractivity contribution is -0.117. The molecule has 0 fully saturated rings. The summed E-state index contributed by atoms with van der Waals surface area (Å²) >= 11 is 4.99. The predicted molar refractivity (Wildman–Crippen MR) is 80.0 cm³/mol. The van der Waals surface area contributed by atoms with Crippen molar-refractivity contribution in [2.75, 3.05) is 23.3 Å². The van der Waals surface area contributed by atoms with Crippen LogP contribution in [0, 0.1) is 0 Å². The van der Waals surface area contributed by atoms with Gasteiger partial charge in [-0.05, 0) is 50.3 Å². The van der Waals surface area contributed by atoms with Gasteiger partial charge in [0.2, 0.25) is 5.91 Å². The van der Waals surface area contributed by atoms with E-state index < -0.39 is 0 Å². The minimum absolute atomic E-state index is 0.174. The van der Waals surface area contributed by atoms with E-state index in [0.717, 1.165) is 18.8 Å². The highest BCUT2D eigenvalue weighted by Crippen LogP contribution is 2.17. The molecular weight excluding hydrogens is 246 g/mol. The summed E-state index contributed by atoms with van der Waals surface area (Å²) in [6.45, 7) is 7.64. The van der Waals surface area contributed by atoms with Gasteiger partial charge in [0.25, 0.3) is 0 Å². The number of hydrogen-bond acceptors (Lipinski definition) is 3. The van der Waals surface area contributed by atoms with E-state index in [4.69, 9.17) is 12.2 Å². The lowest BCUT2D eigenvalue weighted by atomic mass is 10.2. The zero-order valence-electron chi connectivity index (χ0n) is 11.0. The molecule has 0 aliphatic rings. The van der Waals surface area contributed by atoms with Crippen molar-refractivity contribution in [2.45, 2.75) is 20.8 Å². The number of benzene rings is 1. The number of thiocarbonyl (C=S) groups is 1. The topological polar surface area (TPSA) is 44.4 Å². The van der Waals surface area contributed by atoms with E-state index in [1.807, 2.05) is 24.3 Å². The average Bonchev–Trinajstić information content (AvgIpc) is 2.31. The van der Waals surface area contributed by atoms with Gasteiger partial charge in [0.1, 0.15) is 0 Å². The predicted octanol–water partition coefficient (Wildman–Crippen LogP) is 2.37. The molecule has 0 aliphatic heterocycles. The van der Waals surface area contributed by atoms with E-state index in [-0.39, 0.29) is 5.91 Å². The first kappa shape index (κ1) is 14.4. The van der Waals surface area contributed by atoms with Gasteiger partial charge in [-0.2, -0.15) is 0 Å². The molecule has 1 amide bonds. The second-order valence-electron chi connectivity index (χ2n) is 3.85. The maximum atomic E-state index is 10.8. The van der Waals surface area contributed by atoms with Crippen LogP contribution in [-0.4, -0.2) is 24.1 Å². The van der Waals surface area contributed by atoms with Crippen LogP contribution in [0.15, 0.2) is 24.3 Å². The van der Waals surface area contributed by atoms with Crippen molar-refractivity contribution in [3.05, 3.63) is 24.3 Å². The van der Waals surface area contributed by atoms with Crippen molar-refractivity contribution in [3.8, 4) is 0 Å². The third-order valence-corrected chi connectivity index (χ3v) is 2.75. The van der Waals surface area contributed by atoms with E-state index in [1.54, 1.807) is 0 Å². The van der Waals surface area contributed by atoms with Crippen molar-refractivity contribution in [1.82, 2.24) is 5.32 Å². The van der Waals surface area contributed by atoms with Gasteiger partial charge in [0.05, 0.1) is 0 Å². The molecule has 2 N–H and O–H groups in total. The van der Waals surface area contributed by atoms with E-state index in [1.165, 1.54) is 12.6 Å². The van der Waals surface area contributed by atoms with Gasteiger partial charge in [-0.3, -0.25) is 4.79 Å². The Morgan fingerprint density at radius 2 is 1.78 bits per heavy atom. The molecule has 0 unspecified atom stereocenters. The third-order valence-electron chi connectivity index (χ3n) is 2.54. The average molecular weight is 265 g/mol. The summed E-state index contributed by atoms with van der Waals surface area (Å²) in [4.78, 5) is 13.1. The van der Waals surface area contributed by atoms with E-state index >= 15 is 0 Å². The number of carbonyl (C=O) groups is 1. The Balaban J connectivity index is 2.65. The summed E-state index contributed by atoms with van der Waals surface area (Å²) in [5.74, 6) is -0.174. The Morgan fingerprint density at radius 1 is 1.22 bits per heavy atom. The van der Waals surface area contributed by atoms with Gasteiger partial charge in [-0.15, -0.1) is 0 Å². The molecule has 0 spiro atoms. The van der Waals surface area contributed by atoms with Gasteiger partial charge in [0, 0.05) is 31.4 Å². The van der Waals surface area contributed by atoms with Gasteiger partial charge in [-0.1, -0.05) is 0 Å². The maximum absolute atomic E-state index is 10.8. The van der Waals surface area contributed by atoms with E-state index in [0.29, 0.717) is 5.11 Å². The molecule has 5 heteroatoms. The molecule has 98 valence electrons. The molecule has 0 atom stereocenters. The Kier molecular flexibility index (Phi) is 5.58. The fraction of sp³-hybridized carbons (Fsp3) is 0.385. The minimum Gasteiger partial charge on any atom is -0.372 e. The van der Waals surface area contributed by atoms with Crippen molar-refractivity contribution < 1.29 is 4.79 Å². The van der Waals surface area contributed by atoms with Crippen LogP contribution in [0.5, 0.6) is 0 Å². The van der Waals surface area contributed by atoms with E-state index in [9.17, 15) is 4.79 Å². The fourth-order valence-electron chi connectivity index (χ4n) is 1.67. The molecule has 1 aromatic rings. The SMILES string of the molecule is CCN(CC)c1ccc(NC(=S)NC(C)=O)cc1. The van der Waals surface area contributed by atoms with Crippen LogP contribution in [0.3, 0.4) is 0 Å². The molecule has 0 radical (unpaired) electrons. The summed E-state index contributed by atoms with van der Waals surface area (Å²) in [6.07, 6.45) is 0. The van der Waals surface area contributed by atoms with Gasteiger partial charge in [0.15, 0.2) is 5.11 Å². The minimum atomic E-state index is -0.174.